The summed E-state index contributed by atoms with van der Waals surface area (Å²) < 4.78 is 38.7. The van der Waals surface area contributed by atoms with Crippen molar-refractivity contribution < 1.29 is 23.1 Å². The van der Waals surface area contributed by atoms with E-state index in [9.17, 15) is 18.0 Å². The number of likely N-dealkylation sites (N-methyl/N-ethyl adjacent to an activating group) is 1. The SMILES string of the molecule is CN(CC(=O)O)c1ccnc2c(C(F)(F)F)cccc12. The van der Waals surface area contributed by atoms with Crippen molar-refractivity contribution in [3.63, 3.8) is 0 Å². The summed E-state index contributed by atoms with van der Waals surface area (Å²) >= 11 is 0. The highest BCUT2D eigenvalue weighted by Crippen LogP contribution is 2.36. The number of para-hydroxylation sites is 1. The minimum Gasteiger partial charge on any atom is -0.480 e. The number of anilines is 1. The van der Waals surface area contributed by atoms with Gasteiger partial charge in [0.25, 0.3) is 0 Å². The van der Waals surface area contributed by atoms with Crippen LogP contribution in [0.5, 0.6) is 0 Å². The molecule has 0 aliphatic rings. The van der Waals surface area contributed by atoms with Crippen LogP contribution in [0.3, 0.4) is 0 Å². The molecule has 20 heavy (non-hydrogen) atoms. The molecule has 1 aromatic heterocycles. The van der Waals surface area contributed by atoms with Crippen molar-refractivity contribution in [1.82, 2.24) is 4.98 Å². The molecule has 0 unspecified atom stereocenters. The summed E-state index contributed by atoms with van der Waals surface area (Å²) in [5.41, 5.74) is -0.626. The first-order valence-corrected chi connectivity index (χ1v) is 5.68. The molecule has 7 heteroatoms. The summed E-state index contributed by atoms with van der Waals surface area (Å²) in [6, 6.07) is 5.22. The molecule has 0 radical (unpaired) electrons. The third-order valence-corrected chi connectivity index (χ3v) is 2.84. The standard InChI is InChI=1S/C13H11F3N2O2/c1-18(7-11(19)20)10-5-6-17-12-8(10)3-2-4-9(12)13(14,15)16/h2-6H,7H2,1H3,(H,19,20). The van der Waals surface area contributed by atoms with Crippen molar-refractivity contribution in [2.45, 2.75) is 6.18 Å². The van der Waals surface area contributed by atoms with Gasteiger partial charge in [-0.15, -0.1) is 0 Å². The van der Waals surface area contributed by atoms with Gasteiger partial charge in [-0.1, -0.05) is 12.1 Å². The first-order chi connectivity index (χ1) is 9.30. The lowest BCUT2D eigenvalue weighted by Gasteiger charge is -2.19. The molecule has 0 aliphatic heterocycles. The maximum Gasteiger partial charge on any atom is 0.418 e. The van der Waals surface area contributed by atoms with Gasteiger partial charge in [-0.25, -0.2) is 0 Å². The van der Waals surface area contributed by atoms with Gasteiger partial charge in [-0.3, -0.25) is 9.78 Å². The van der Waals surface area contributed by atoms with E-state index in [1.807, 2.05) is 0 Å². The fourth-order valence-corrected chi connectivity index (χ4v) is 2.01. The molecule has 0 atom stereocenters. The zero-order valence-electron chi connectivity index (χ0n) is 10.5. The number of benzene rings is 1. The molecule has 1 N–H and O–H groups in total. The molecule has 2 rings (SSSR count). The fourth-order valence-electron chi connectivity index (χ4n) is 2.01. The number of alkyl halides is 3. The van der Waals surface area contributed by atoms with E-state index in [2.05, 4.69) is 4.98 Å². The molecule has 0 bridgehead atoms. The van der Waals surface area contributed by atoms with E-state index in [1.54, 1.807) is 0 Å². The average Bonchev–Trinajstić information content (AvgIpc) is 2.35. The Kier molecular flexibility index (Phi) is 3.52. The number of hydrogen-bond acceptors (Lipinski definition) is 3. The minimum absolute atomic E-state index is 0.185. The Labute approximate surface area is 112 Å². The summed E-state index contributed by atoms with van der Waals surface area (Å²) in [5.74, 6) is -1.07. The summed E-state index contributed by atoms with van der Waals surface area (Å²) in [4.78, 5) is 15.9. The van der Waals surface area contributed by atoms with Crippen molar-refractivity contribution in [3.8, 4) is 0 Å². The van der Waals surface area contributed by atoms with Crippen LogP contribution in [0.4, 0.5) is 18.9 Å². The van der Waals surface area contributed by atoms with E-state index >= 15 is 0 Å². The lowest BCUT2D eigenvalue weighted by atomic mass is 10.1. The highest BCUT2D eigenvalue weighted by molar-refractivity contribution is 5.94. The number of nitrogens with zero attached hydrogens (tertiary/aromatic N) is 2. The number of aliphatic carboxylic acids is 1. The van der Waals surface area contributed by atoms with Crippen LogP contribution in [-0.2, 0) is 11.0 Å². The summed E-state index contributed by atoms with van der Waals surface area (Å²) in [6.45, 7) is -0.310. The summed E-state index contributed by atoms with van der Waals surface area (Å²) in [7, 11) is 1.50. The smallest absolute Gasteiger partial charge is 0.418 e. The maximum absolute atomic E-state index is 12.9. The first kappa shape index (κ1) is 14.1. The number of carbonyl (C=O) groups is 1. The molecule has 0 amide bonds. The third-order valence-electron chi connectivity index (χ3n) is 2.84. The second kappa shape index (κ2) is 4.99. The Morgan fingerprint density at radius 1 is 1.35 bits per heavy atom. The minimum atomic E-state index is -4.50. The van der Waals surface area contributed by atoms with Gasteiger partial charge in [0.1, 0.15) is 6.54 Å². The molecule has 1 aromatic carbocycles. The predicted molar refractivity (Wildman–Crippen MR) is 67.7 cm³/mol. The molecule has 1 heterocycles. The zero-order valence-corrected chi connectivity index (χ0v) is 10.5. The van der Waals surface area contributed by atoms with E-state index in [0.717, 1.165) is 6.07 Å². The highest BCUT2D eigenvalue weighted by atomic mass is 19.4. The lowest BCUT2D eigenvalue weighted by molar-refractivity contribution is -0.137. The Balaban J connectivity index is 2.62. The van der Waals surface area contributed by atoms with Gasteiger partial charge < -0.3 is 10.0 Å². The molecule has 0 aliphatic carbocycles. The van der Waals surface area contributed by atoms with E-state index < -0.39 is 17.7 Å². The number of hydrogen-bond donors (Lipinski definition) is 1. The van der Waals surface area contributed by atoms with Crippen LogP contribution in [0, 0.1) is 0 Å². The Morgan fingerprint density at radius 3 is 2.65 bits per heavy atom. The normalized spacial score (nSPS) is 11.6. The largest absolute Gasteiger partial charge is 0.480 e. The quantitative estimate of drug-likeness (QED) is 0.941. The topological polar surface area (TPSA) is 53.4 Å². The van der Waals surface area contributed by atoms with Gasteiger partial charge in [-0.2, -0.15) is 13.2 Å². The van der Waals surface area contributed by atoms with Gasteiger partial charge in [0.05, 0.1) is 11.1 Å². The van der Waals surface area contributed by atoms with Crippen molar-refractivity contribution in [2.75, 3.05) is 18.5 Å². The molecule has 0 fully saturated rings. The molecule has 4 nitrogen and oxygen atoms in total. The van der Waals surface area contributed by atoms with Crippen molar-refractivity contribution >= 4 is 22.6 Å². The Bertz CT molecular complexity index is 656. The number of pyridine rings is 1. The number of fused-ring (bicyclic) bond motifs is 1. The average molecular weight is 284 g/mol. The van der Waals surface area contributed by atoms with Crippen LogP contribution in [-0.4, -0.2) is 29.7 Å². The second-order valence-corrected chi connectivity index (χ2v) is 4.28. The first-order valence-electron chi connectivity index (χ1n) is 5.68. The zero-order chi connectivity index (χ0) is 14.9. The van der Waals surface area contributed by atoms with Crippen LogP contribution >= 0.6 is 0 Å². The fraction of sp³-hybridized carbons (Fsp3) is 0.231. The van der Waals surface area contributed by atoms with Gasteiger partial charge in [0.15, 0.2) is 0 Å². The summed E-state index contributed by atoms with van der Waals surface area (Å²) in [5, 5.41) is 9.03. The van der Waals surface area contributed by atoms with Crippen LogP contribution in [0.1, 0.15) is 5.56 Å². The lowest BCUT2D eigenvalue weighted by Crippen LogP contribution is -2.25. The van der Waals surface area contributed by atoms with Gasteiger partial charge in [0.2, 0.25) is 0 Å². The van der Waals surface area contributed by atoms with Gasteiger partial charge >= 0.3 is 12.1 Å². The Morgan fingerprint density at radius 2 is 2.05 bits per heavy atom. The molecule has 0 saturated carbocycles. The monoisotopic (exact) mass is 284 g/mol. The van der Waals surface area contributed by atoms with Crippen LogP contribution in [0.2, 0.25) is 0 Å². The molecular formula is C13H11F3N2O2. The maximum atomic E-state index is 12.9. The number of aromatic nitrogens is 1. The number of carboxylic acid groups (broad SMARTS) is 1. The number of halogens is 3. The molecular weight excluding hydrogens is 273 g/mol. The van der Waals surface area contributed by atoms with Crippen molar-refractivity contribution in [2.24, 2.45) is 0 Å². The Hall–Kier alpha value is -2.31. The summed E-state index contributed by atoms with van der Waals surface area (Å²) in [6.07, 6.45) is -3.26. The number of carboxylic acids is 1. The molecule has 2 aromatic rings. The van der Waals surface area contributed by atoms with Crippen molar-refractivity contribution in [3.05, 3.63) is 36.0 Å². The molecule has 106 valence electrons. The predicted octanol–water partition coefficient (Wildman–Crippen LogP) is 2.77. The van der Waals surface area contributed by atoms with Gasteiger partial charge in [0, 0.05) is 24.3 Å². The van der Waals surface area contributed by atoms with E-state index in [-0.39, 0.29) is 17.4 Å². The second-order valence-electron chi connectivity index (χ2n) is 4.28. The van der Waals surface area contributed by atoms with E-state index in [0.29, 0.717) is 5.69 Å². The van der Waals surface area contributed by atoms with E-state index in [4.69, 9.17) is 5.11 Å². The van der Waals surface area contributed by atoms with Gasteiger partial charge in [-0.05, 0) is 12.1 Å². The van der Waals surface area contributed by atoms with E-state index in [1.165, 1.54) is 36.3 Å². The van der Waals surface area contributed by atoms with Crippen LogP contribution in [0.15, 0.2) is 30.5 Å². The van der Waals surface area contributed by atoms with Crippen molar-refractivity contribution in [1.29, 1.82) is 0 Å². The molecule has 0 saturated heterocycles. The van der Waals surface area contributed by atoms with Crippen LogP contribution < -0.4 is 4.90 Å². The number of rotatable bonds is 3. The molecule has 0 spiro atoms. The third kappa shape index (κ3) is 2.66. The van der Waals surface area contributed by atoms with Crippen LogP contribution in [0.25, 0.3) is 10.9 Å². The highest BCUT2D eigenvalue weighted by Gasteiger charge is 2.33.